The van der Waals surface area contributed by atoms with Gasteiger partial charge in [-0.2, -0.15) is 0 Å². The second-order valence-electron chi connectivity index (χ2n) is 5.44. The minimum atomic E-state index is -2.62. The van der Waals surface area contributed by atoms with Gasteiger partial charge in [-0.3, -0.25) is 9.59 Å². The highest BCUT2D eigenvalue weighted by atomic mass is 16.5. The molecule has 2 aromatic carbocycles. The SMILES string of the molecule is [2H]/C(=C1/OC2(C(=O)N(C)c3ccccc32)C([2H])([2H])C1=O)c1ccccc1. The van der Waals surface area contributed by atoms with Crippen LogP contribution in [0.3, 0.4) is 0 Å². The summed E-state index contributed by atoms with van der Waals surface area (Å²) in [5.41, 5.74) is -0.912. The van der Waals surface area contributed by atoms with E-state index in [1.54, 1.807) is 54.6 Å². The molecule has 0 radical (unpaired) electrons. The standard InChI is InChI=1S/C19H15NO3/c1-20-15-10-6-5-9-14(15)19(18(20)22)12-16(21)17(23-19)11-13-7-3-2-4-8-13/h2-11H,12H2,1H3/b17-11-/i11D,12D2. The highest BCUT2D eigenvalue weighted by Crippen LogP contribution is 2.49. The van der Waals surface area contributed by atoms with Gasteiger partial charge in [0.15, 0.2) is 5.76 Å². The van der Waals surface area contributed by atoms with Crippen molar-refractivity contribution >= 4 is 23.4 Å². The summed E-state index contributed by atoms with van der Waals surface area (Å²) >= 11 is 0. The molecule has 2 aliphatic heterocycles. The minimum Gasteiger partial charge on any atom is -0.468 e. The monoisotopic (exact) mass is 308 g/mol. The van der Waals surface area contributed by atoms with E-state index in [1.807, 2.05) is 0 Å². The third kappa shape index (κ3) is 1.91. The molecular weight excluding hydrogens is 290 g/mol. The van der Waals surface area contributed by atoms with Crippen molar-refractivity contribution in [3.05, 3.63) is 71.5 Å². The zero-order chi connectivity index (χ0) is 18.7. The first kappa shape index (κ1) is 10.8. The number of carbonyl (C=O) groups is 2. The van der Waals surface area contributed by atoms with Gasteiger partial charge in [-0.05, 0) is 17.7 Å². The summed E-state index contributed by atoms with van der Waals surface area (Å²) in [6, 6.07) is 14.8. The Balaban J connectivity index is 1.96. The van der Waals surface area contributed by atoms with Gasteiger partial charge in [-0.25, -0.2) is 0 Å². The molecule has 1 atom stereocenters. The molecule has 4 rings (SSSR count). The zero-order valence-corrected chi connectivity index (χ0v) is 12.4. The van der Waals surface area contributed by atoms with Gasteiger partial charge in [0.25, 0.3) is 5.91 Å². The van der Waals surface area contributed by atoms with Crippen LogP contribution >= 0.6 is 0 Å². The Bertz CT molecular complexity index is 971. The number of fused-ring (bicyclic) bond motifs is 2. The van der Waals surface area contributed by atoms with Crippen LogP contribution in [-0.4, -0.2) is 18.7 Å². The molecular formula is C19H15NO3. The number of ketones is 1. The molecule has 2 aromatic rings. The first-order valence-corrected chi connectivity index (χ1v) is 7.20. The van der Waals surface area contributed by atoms with E-state index in [-0.39, 0.29) is 6.05 Å². The number of Topliss-reactive ketones (excluding diaryl/α,β-unsaturated/α-hetero) is 1. The third-order valence-corrected chi connectivity index (χ3v) is 4.03. The summed E-state index contributed by atoms with van der Waals surface area (Å²) in [6.45, 7) is 0. The van der Waals surface area contributed by atoms with Crippen LogP contribution in [0.4, 0.5) is 5.69 Å². The Labute approximate surface area is 138 Å². The Morgan fingerprint density at radius 3 is 2.65 bits per heavy atom. The predicted octanol–water partition coefficient (Wildman–Crippen LogP) is 2.89. The average Bonchev–Trinajstić information content (AvgIpc) is 3.01. The fourth-order valence-corrected chi connectivity index (χ4v) is 2.92. The van der Waals surface area contributed by atoms with E-state index in [0.717, 1.165) is 0 Å². The normalized spacial score (nSPS) is 28.9. The van der Waals surface area contributed by atoms with Crippen molar-refractivity contribution in [2.24, 2.45) is 0 Å². The van der Waals surface area contributed by atoms with Gasteiger partial charge in [0, 0.05) is 15.4 Å². The van der Waals surface area contributed by atoms with Gasteiger partial charge in [-0.1, -0.05) is 48.5 Å². The molecule has 1 unspecified atom stereocenters. The molecule has 1 saturated heterocycles. The van der Waals surface area contributed by atoms with Gasteiger partial charge in [0.05, 0.1) is 13.4 Å². The number of allylic oxidation sites excluding steroid dienone is 1. The maximum absolute atomic E-state index is 13.0. The lowest BCUT2D eigenvalue weighted by molar-refractivity contribution is -0.135. The van der Waals surface area contributed by atoms with E-state index in [9.17, 15) is 9.59 Å². The number of benzene rings is 2. The van der Waals surface area contributed by atoms with Crippen molar-refractivity contribution in [3.8, 4) is 0 Å². The summed E-state index contributed by atoms with van der Waals surface area (Å²) in [7, 11) is 1.51. The summed E-state index contributed by atoms with van der Waals surface area (Å²) in [4.78, 5) is 27.1. The summed E-state index contributed by atoms with van der Waals surface area (Å²) in [5, 5.41) is 0. The number of likely N-dealkylation sites (N-methyl/N-ethyl adjacent to an activating group) is 1. The lowest BCUT2D eigenvalue weighted by atomic mass is 9.92. The Morgan fingerprint density at radius 2 is 1.87 bits per heavy atom. The number of amides is 1. The fraction of sp³-hybridized carbons (Fsp3) is 0.158. The van der Waals surface area contributed by atoms with Crippen LogP contribution in [0.2, 0.25) is 0 Å². The molecule has 2 heterocycles. The van der Waals surface area contributed by atoms with Crippen LogP contribution < -0.4 is 4.90 Å². The van der Waals surface area contributed by atoms with Crippen molar-refractivity contribution in [2.75, 3.05) is 11.9 Å². The lowest BCUT2D eigenvalue weighted by Crippen LogP contribution is -2.38. The third-order valence-electron chi connectivity index (χ3n) is 4.03. The van der Waals surface area contributed by atoms with Crippen LogP contribution in [0.5, 0.6) is 0 Å². The van der Waals surface area contributed by atoms with E-state index >= 15 is 0 Å². The molecule has 0 aliphatic carbocycles. The van der Waals surface area contributed by atoms with Crippen molar-refractivity contribution in [3.63, 3.8) is 0 Å². The average molecular weight is 308 g/mol. The van der Waals surface area contributed by atoms with Gasteiger partial charge in [0.2, 0.25) is 11.4 Å². The topological polar surface area (TPSA) is 46.6 Å². The number of hydrogen-bond acceptors (Lipinski definition) is 3. The van der Waals surface area contributed by atoms with Crippen LogP contribution in [-0.2, 0) is 19.9 Å². The van der Waals surface area contributed by atoms with Crippen LogP contribution in [0.1, 0.15) is 21.6 Å². The minimum absolute atomic E-state index is 0.240. The largest absolute Gasteiger partial charge is 0.468 e. The van der Waals surface area contributed by atoms with Crippen molar-refractivity contribution in [2.45, 2.75) is 12.0 Å². The fourth-order valence-electron chi connectivity index (χ4n) is 2.92. The highest BCUT2D eigenvalue weighted by molar-refractivity contribution is 6.13. The lowest BCUT2D eigenvalue weighted by Gasteiger charge is -2.21. The van der Waals surface area contributed by atoms with Crippen LogP contribution in [0, 0.1) is 0 Å². The van der Waals surface area contributed by atoms with Crippen molar-refractivity contribution in [1.29, 1.82) is 0 Å². The Morgan fingerprint density at radius 1 is 1.17 bits per heavy atom. The van der Waals surface area contributed by atoms with Gasteiger partial charge in [-0.15, -0.1) is 0 Å². The molecule has 1 amide bonds. The first-order valence-electron chi connectivity index (χ1n) is 8.70. The molecule has 2 aliphatic rings. The second-order valence-corrected chi connectivity index (χ2v) is 5.44. The highest BCUT2D eigenvalue weighted by Gasteiger charge is 2.57. The van der Waals surface area contributed by atoms with Crippen LogP contribution in [0.15, 0.2) is 60.4 Å². The number of rotatable bonds is 1. The van der Waals surface area contributed by atoms with E-state index in [2.05, 4.69) is 0 Å². The predicted molar refractivity (Wildman–Crippen MR) is 86.7 cm³/mol. The molecule has 23 heavy (non-hydrogen) atoms. The molecule has 1 spiro atoms. The van der Waals surface area contributed by atoms with Crippen molar-refractivity contribution < 1.29 is 18.4 Å². The molecule has 1 fully saturated rings. The number of anilines is 1. The van der Waals surface area contributed by atoms with Gasteiger partial charge in [0.1, 0.15) is 0 Å². The molecule has 4 heteroatoms. The van der Waals surface area contributed by atoms with Gasteiger partial charge >= 0.3 is 0 Å². The number of carbonyl (C=O) groups excluding carboxylic acids is 2. The number of para-hydroxylation sites is 1. The zero-order valence-electron chi connectivity index (χ0n) is 15.4. The summed E-state index contributed by atoms with van der Waals surface area (Å²) in [5.74, 6) is -2.09. The Hall–Kier alpha value is -2.88. The Kier molecular flexibility index (Phi) is 2.26. The van der Waals surface area contributed by atoms with E-state index < -0.39 is 29.4 Å². The summed E-state index contributed by atoms with van der Waals surface area (Å²) < 4.78 is 30.9. The number of hydrogen-bond donors (Lipinski definition) is 0. The van der Waals surface area contributed by atoms with Crippen LogP contribution in [0.25, 0.3) is 6.05 Å². The molecule has 0 saturated carbocycles. The molecule has 0 N–H and O–H groups in total. The molecule has 0 aromatic heterocycles. The quantitative estimate of drug-likeness (QED) is 0.761. The maximum atomic E-state index is 13.0. The summed E-state index contributed by atoms with van der Waals surface area (Å²) in [6.07, 6.45) is -2.62. The molecule has 0 bridgehead atoms. The van der Waals surface area contributed by atoms with E-state index in [0.29, 0.717) is 16.8 Å². The molecule has 4 nitrogen and oxygen atoms in total. The molecule has 114 valence electrons. The smallest absolute Gasteiger partial charge is 0.276 e. The van der Waals surface area contributed by atoms with E-state index in [4.69, 9.17) is 8.85 Å². The number of ether oxygens (including phenoxy) is 1. The number of nitrogens with zero attached hydrogens (tertiary/aromatic N) is 1. The second kappa shape index (κ2) is 4.81. The maximum Gasteiger partial charge on any atom is 0.276 e. The van der Waals surface area contributed by atoms with Crippen molar-refractivity contribution in [1.82, 2.24) is 0 Å². The van der Waals surface area contributed by atoms with E-state index in [1.165, 1.54) is 11.9 Å². The first-order chi connectivity index (χ1) is 12.3. The van der Waals surface area contributed by atoms with Gasteiger partial charge < -0.3 is 9.64 Å².